The predicted molar refractivity (Wildman–Crippen MR) is 108 cm³/mol. The third kappa shape index (κ3) is 4.99. The Morgan fingerprint density at radius 3 is 2.37 bits per heavy atom. The number of anilines is 4. The minimum absolute atomic E-state index is 0.432. The molecule has 0 radical (unpaired) electrons. The highest BCUT2D eigenvalue weighted by atomic mass is 35.5. The molecule has 7 nitrogen and oxygen atoms in total. The van der Waals surface area contributed by atoms with Crippen LogP contribution < -0.4 is 15.5 Å². The molecule has 0 bridgehead atoms. The van der Waals surface area contributed by atoms with Crippen LogP contribution in [-0.2, 0) is 4.74 Å². The van der Waals surface area contributed by atoms with Crippen LogP contribution in [0.2, 0.25) is 5.02 Å². The summed E-state index contributed by atoms with van der Waals surface area (Å²) in [6.45, 7) is 2.95. The molecule has 0 amide bonds. The topological polar surface area (TPSA) is 75.2 Å². The SMILES string of the molecule is Clc1ccc(Nc2nc(NC3CCCCC3)nc(N3CCOCC3)n2)cc1. The van der Waals surface area contributed by atoms with E-state index in [0.717, 1.165) is 18.8 Å². The summed E-state index contributed by atoms with van der Waals surface area (Å²) in [4.78, 5) is 16.1. The normalized spacial score (nSPS) is 18.3. The van der Waals surface area contributed by atoms with Crippen LogP contribution in [0.25, 0.3) is 0 Å². The second-order valence-corrected chi connectivity index (χ2v) is 7.43. The summed E-state index contributed by atoms with van der Waals surface area (Å²) in [5, 5.41) is 7.48. The molecule has 1 aromatic heterocycles. The number of rotatable bonds is 5. The largest absolute Gasteiger partial charge is 0.378 e. The van der Waals surface area contributed by atoms with Gasteiger partial charge in [0.25, 0.3) is 0 Å². The molecule has 4 rings (SSSR count). The van der Waals surface area contributed by atoms with Crippen molar-refractivity contribution in [3.05, 3.63) is 29.3 Å². The molecule has 27 heavy (non-hydrogen) atoms. The molecule has 0 spiro atoms. The number of hydrogen-bond acceptors (Lipinski definition) is 7. The molecule has 1 saturated carbocycles. The Morgan fingerprint density at radius 1 is 0.926 bits per heavy atom. The molecular formula is C19H25ClN6O. The van der Waals surface area contributed by atoms with Crippen LogP contribution in [0.4, 0.5) is 23.5 Å². The third-order valence-electron chi connectivity index (χ3n) is 4.96. The van der Waals surface area contributed by atoms with Crippen molar-refractivity contribution in [2.45, 2.75) is 38.1 Å². The molecule has 2 aliphatic rings. The monoisotopic (exact) mass is 388 g/mol. The zero-order valence-electron chi connectivity index (χ0n) is 15.3. The zero-order valence-corrected chi connectivity index (χ0v) is 16.1. The van der Waals surface area contributed by atoms with Gasteiger partial charge in [0.2, 0.25) is 17.8 Å². The van der Waals surface area contributed by atoms with E-state index in [1.165, 1.54) is 32.1 Å². The van der Waals surface area contributed by atoms with E-state index in [0.29, 0.717) is 42.1 Å². The second kappa shape index (κ2) is 8.71. The number of nitrogens with zero attached hydrogens (tertiary/aromatic N) is 4. The molecule has 2 fully saturated rings. The van der Waals surface area contributed by atoms with Gasteiger partial charge in [-0.1, -0.05) is 30.9 Å². The first-order chi connectivity index (χ1) is 13.3. The highest BCUT2D eigenvalue weighted by Crippen LogP contribution is 2.23. The first-order valence-electron chi connectivity index (χ1n) is 9.64. The van der Waals surface area contributed by atoms with Gasteiger partial charge in [-0.15, -0.1) is 0 Å². The van der Waals surface area contributed by atoms with E-state index >= 15 is 0 Å². The molecule has 1 aliphatic heterocycles. The fourth-order valence-electron chi connectivity index (χ4n) is 3.48. The van der Waals surface area contributed by atoms with Crippen molar-refractivity contribution in [1.29, 1.82) is 0 Å². The predicted octanol–water partition coefficient (Wildman–Crippen LogP) is 3.85. The van der Waals surface area contributed by atoms with Gasteiger partial charge in [0, 0.05) is 29.8 Å². The van der Waals surface area contributed by atoms with Crippen molar-refractivity contribution in [2.75, 3.05) is 41.8 Å². The van der Waals surface area contributed by atoms with Gasteiger partial charge < -0.3 is 20.3 Å². The fraction of sp³-hybridized carbons (Fsp3) is 0.526. The van der Waals surface area contributed by atoms with E-state index in [4.69, 9.17) is 16.3 Å². The van der Waals surface area contributed by atoms with E-state index in [-0.39, 0.29) is 0 Å². The molecule has 2 aromatic rings. The smallest absolute Gasteiger partial charge is 0.233 e. The van der Waals surface area contributed by atoms with Crippen LogP contribution in [0.15, 0.2) is 24.3 Å². The van der Waals surface area contributed by atoms with Gasteiger partial charge in [0.1, 0.15) is 0 Å². The van der Waals surface area contributed by atoms with Crippen molar-refractivity contribution in [3.63, 3.8) is 0 Å². The Hall–Kier alpha value is -2.12. The van der Waals surface area contributed by atoms with Crippen LogP contribution >= 0.6 is 11.6 Å². The van der Waals surface area contributed by atoms with Gasteiger partial charge in [-0.3, -0.25) is 0 Å². The summed E-state index contributed by atoms with van der Waals surface area (Å²) < 4.78 is 5.45. The Balaban J connectivity index is 1.57. The van der Waals surface area contributed by atoms with Crippen molar-refractivity contribution in [2.24, 2.45) is 0 Å². The molecular weight excluding hydrogens is 364 g/mol. The van der Waals surface area contributed by atoms with Crippen molar-refractivity contribution < 1.29 is 4.74 Å². The first kappa shape index (κ1) is 18.3. The molecule has 0 unspecified atom stereocenters. The summed E-state index contributed by atoms with van der Waals surface area (Å²) in [6, 6.07) is 7.94. The molecule has 1 aliphatic carbocycles. The maximum Gasteiger partial charge on any atom is 0.233 e. The minimum atomic E-state index is 0.432. The number of morpholine rings is 1. The Kier molecular flexibility index (Phi) is 5.89. The standard InChI is InChI=1S/C19H25ClN6O/c20-14-6-8-16(9-7-14)22-18-23-17(21-15-4-2-1-3-5-15)24-19(25-18)26-10-12-27-13-11-26/h6-9,15H,1-5,10-13H2,(H2,21,22,23,24,25). The molecule has 2 heterocycles. The highest BCUT2D eigenvalue weighted by molar-refractivity contribution is 6.30. The molecule has 8 heteroatoms. The van der Waals surface area contributed by atoms with E-state index in [1.807, 2.05) is 24.3 Å². The average molecular weight is 389 g/mol. The van der Waals surface area contributed by atoms with Gasteiger partial charge >= 0.3 is 0 Å². The zero-order chi connectivity index (χ0) is 18.5. The lowest BCUT2D eigenvalue weighted by Gasteiger charge is -2.28. The van der Waals surface area contributed by atoms with Crippen molar-refractivity contribution in [3.8, 4) is 0 Å². The van der Waals surface area contributed by atoms with Gasteiger partial charge in [-0.2, -0.15) is 15.0 Å². The van der Waals surface area contributed by atoms with Gasteiger partial charge in [-0.05, 0) is 37.1 Å². The average Bonchev–Trinajstić information content (AvgIpc) is 2.71. The number of ether oxygens (including phenoxy) is 1. The summed E-state index contributed by atoms with van der Waals surface area (Å²) in [5.74, 6) is 1.85. The number of halogens is 1. The van der Waals surface area contributed by atoms with Gasteiger partial charge in [-0.25, -0.2) is 0 Å². The number of aromatic nitrogens is 3. The lowest BCUT2D eigenvalue weighted by atomic mass is 9.96. The molecule has 1 saturated heterocycles. The van der Waals surface area contributed by atoms with Crippen molar-refractivity contribution in [1.82, 2.24) is 15.0 Å². The highest BCUT2D eigenvalue weighted by Gasteiger charge is 2.19. The van der Waals surface area contributed by atoms with Gasteiger partial charge in [0.15, 0.2) is 0 Å². The first-order valence-corrected chi connectivity index (χ1v) is 10.0. The van der Waals surface area contributed by atoms with Crippen LogP contribution in [0.3, 0.4) is 0 Å². The van der Waals surface area contributed by atoms with E-state index in [1.54, 1.807) is 0 Å². The Labute approximate surface area is 164 Å². The quantitative estimate of drug-likeness (QED) is 0.805. The summed E-state index contributed by atoms with van der Waals surface area (Å²) in [7, 11) is 0. The van der Waals surface area contributed by atoms with Crippen LogP contribution in [0.5, 0.6) is 0 Å². The van der Waals surface area contributed by atoms with Crippen LogP contribution in [0.1, 0.15) is 32.1 Å². The molecule has 0 atom stereocenters. The Bertz CT molecular complexity index is 744. The fourth-order valence-corrected chi connectivity index (χ4v) is 3.61. The van der Waals surface area contributed by atoms with Gasteiger partial charge in [0.05, 0.1) is 13.2 Å². The number of benzene rings is 1. The molecule has 2 N–H and O–H groups in total. The summed E-state index contributed by atoms with van der Waals surface area (Å²) >= 11 is 5.98. The van der Waals surface area contributed by atoms with Crippen molar-refractivity contribution >= 4 is 35.1 Å². The van der Waals surface area contributed by atoms with Crippen LogP contribution in [0, 0.1) is 0 Å². The van der Waals surface area contributed by atoms with Crippen LogP contribution in [-0.4, -0.2) is 47.3 Å². The molecule has 1 aromatic carbocycles. The number of hydrogen-bond donors (Lipinski definition) is 2. The molecule has 144 valence electrons. The minimum Gasteiger partial charge on any atom is -0.378 e. The maximum absolute atomic E-state index is 5.98. The summed E-state index contributed by atoms with van der Waals surface area (Å²) in [6.07, 6.45) is 6.17. The van der Waals surface area contributed by atoms with E-state index in [9.17, 15) is 0 Å². The number of nitrogens with one attached hydrogen (secondary N) is 2. The second-order valence-electron chi connectivity index (χ2n) is 6.99. The lowest BCUT2D eigenvalue weighted by molar-refractivity contribution is 0.122. The van der Waals surface area contributed by atoms with E-state index in [2.05, 4.69) is 30.5 Å². The maximum atomic E-state index is 5.98. The third-order valence-corrected chi connectivity index (χ3v) is 5.21. The lowest BCUT2D eigenvalue weighted by Crippen LogP contribution is -2.37. The summed E-state index contributed by atoms with van der Waals surface area (Å²) in [5.41, 5.74) is 0.891. The Morgan fingerprint density at radius 2 is 1.63 bits per heavy atom. The van der Waals surface area contributed by atoms with E-state index < -0.39 is 0 Å².